The zero-order valence-electron chi connectivity index (χ0n) is 14.3. The molecule has 2 aromatic carbocycles. The monoisotopic (exact) mass is 367 g/mol. The van der Waals surface area contributed by atoms with E-state index in [-0.39, 0.29) is 23.7 Å². The minimum Gasteiger partial charge on any atom is -0.491 e. The summed E-state index contributed by atoms with van der Waals surface area (Å²) in [7, 11) is -2.08. The Balaban J connectivity index is 1.99. The molecule has 0 radical (unpaired) electrons. The number of methoxy groups -OCH3 is 1. The van der Waals surface area contributed by atoms with Crippen molar-refractivity contribution in [3.05, 3.63) is 59.4 Å². The van der Waals surface area contributed by atoms with Crippen LogP contribution in [0.15, 0.2) is 47.4 Å². The Morgan fingerprint density at radius 3 is 2.56 bits per heavy atom. The van der Waals surface area contributed by atoms with Crippen LogP contribution in [0.25, 0.3) is 0 Å². The fraction of sp³-hybridized carbons (Fsp3) is 0.333. The van der Waals surface area contributed by atoms with Gasteiger partial charge in [0.05, 0.1) is 11.5 Å². The van der Waals surface area contributed by atoms with Crippen LogP contribution in [-0.4, -0.2) is 35.3 Å². The van der Waals surface area contributed by atoms with Crippen molar-refractivity contribution in [3.63, 3.8) is 0 Å². The molecule has 0 aromatic heterocycles. The second-order valence-corrected chi connectivity index (χ2v) is 7.27. The summed E-state index contributed by atoms with van der Waals surface area (Å²) < 4.78 is 51.2. The van der Waals surface area contributed by atoms with Crippen molar-refractivity contribution in [2.45, 2.75) is 18.2 Å². The van der Waals surface area contributed by atoms with Crippen molar-refractivity contribution in [1.29, 1.82) is 0 Å². The summed E-state index contributed by atoms with van der Waals surface area (Å²) in [6, 6.07) is 11.0. The van der Waals surface area contributed by atoms with Crippen LogP contribution in [-0.2, 0) is 21.2 Å². The van der Waals surface area contributed by atoms with Gasteiger partial charge in [0.2, 0.25) is 10.0 Å². The Morgan fingerprint density at radius 2 is 1.88 bits per heavy atom. The average molecular weight is 367 g/mol. The van der Waals surface area contributed by atoms with Crippen LogP contribution in [0.5, 0.6) is 5.75 Å². The Kier molecular flexibility index (Phi) is 6.92. The first-order valence-corrected chi connectivity index (χ1v) is 9.38. The Morgan fingerprint density at radius 1 is 1.12 bits per heavy atom. The van der Waals surface area contributed by atoms with Gasteiger partial charge in [-0.3, -0.25) is 0 Å². The van der Waals surface area contributed by atoms with Gasteiger partial charge in [-0.25, -0.2) is 17.5 Å². The van der Waals surface area contributed by atoms with Gasteiger partial charge in [0.1, 0.15) is 18.2 Å². The number of aryl methyl sites for hydroxylation is 1. The van der Waals surface area contributed by atoms with Crippen molar-refractivity contribution < 1.29 is 22.3 Å². The third-order valence-electron chi connectivity index (χ3n) is 3.65. The Bertz CT molecular complexity index is 808. The van der Waals surface area contributed by atoms with E-state index in [0.717, 1.165) is 0 Å². The molecule has 0 fully saturated rings. The van der Waals surface area contributed by atoms with Crippen LogP contribution >= 0.6 is 0 Å². The minimum absolute atomic E-state index is 0.119. The summed E-state index contributed by atoms with van der Waals surface area (Å²) in [5.74, 6) is 0.275. The molecule has 25 heavy (non-hydrogen) atoms. The van der Waals surface area contributed by atoms with Gasteiger partial charge < -0.3 is 9.47 Å². The SMILES string of the molecule is COCCOc1ccc(S(=O)(=O)NCCc2ccccc2F)cc1C. The smallest absolute Gasteiger partial charge is 0.240 e. The maximum atomic E-state index is 13.6. The van der Waals surface area contributed by atoms with Crippen LogP contribution in [0.2, 0.25) is 0 Å². The zero-order valence-corrected chi connectivity index (χ0v) is 15.1. The van der Waals surface area contributed by atoms with Gasteiger partial charge in [-0.2, -0.15) is 0 Å². The zero-order chi connectivity index (χ0) is 18.3. The van der Waals surface area contributed by atoms with Crippen molar-refractivity contribution in [3.8, 4) is 5.75 Å². The molecule has 0 heterocycles. The molecule has 0 amide bonds. The fourth-order valence-corrected chi connectivity index (χ4v) is 3.41. The van der Waals surface area contributed by atoms with Crippen molar-refractivity contribution in [1.82, 2.24) is 4.72 Å². The molecule has 136 valence electrons. The lowest BCUT2D eigenvalue weighted by Gasteiger charge is -2.11. The van der Waals surface area contributed by atoms with Crippen LogP contribution in [0.1, 0.15) is 11.1 Å². The van der Waals surface area contributed by atoms with Crippen LogP contribution in [0.4, 0.5) is 4.39 Å². The lowest BCUT2D eigenvalue weighted by atomic mass is 10.1. The minimum atomic E-state index is -3.66. The van der Waals surface area contributed by atoms with Crippen LogP contribution < -0.4 is 9.46 Å². The van der Waals surface area contributed by atoms with Gasteiger partial charge in [0.25, 0.3) is 0 Å². The van der Waals surface area contributed by atoms with E-state index in [1.807, 2.05) is 0 Å². The number of ether oxygens (including phenoxy) is 2. The molecule has 0 aliphatic rings. The maximum absolute atomic E-state index is 13.6. The van der Waals surface area contributed by atoms with Crippen LogP contribution in [0.3, 0.4) is 0 Å². The van der Waals surface area contributed by atoms with E-state index < -0.39 is 10.0 Å². The number of benzene rings is 2. The van der Waals surface area contributed by atoms with Crippen molar-refractivity contribution in [2.24, 2.45) is 0 Å². The van der Waals surface area contributed by atoms with E-state index in [4.69, 9.17) is 9.47 Å². The maximum Gasteiger partial charge on any atom is 0.240 e. The molecule has 0 bridgehead atoms. The predicted octanol–water partition coefficient (Wildman–Crippen LogP) is 2.68. The largest absolute Gasteiger partial charge is 0.491 e. The van der Waals surface area contributed by atoms with E-state index in [0.29, 0.717) is 30.1 Å². The number of hydrogen-bond donors (Lipinski definition) is 1. The second kappa shape index (κ2) is 8.94. The quantitative estimate of drug-likeness (QED) is 0.692. The van der Waals surface area contributed by atoms with E-state index in [2.05, 4.69) is 4.72 Å². The van der Waals surface area contributed by atoms with Gasteiger partial charge >= 0.3 is 0 Å². The summed E-state index contributed by atoms with van der Waals surface area (Å²) >= 11 is 0. The molecule has 0 saturated carbocycles. The van der Waals surface area contributed by atoms with Crippen molar-refractivity contribution >= 4 is 10.0 Å². The van der Waals surface area contributed by atoms with Gasteiger partial charge in [-0.05, 0) is 48.7 Å². The highest BCUT2D eigenvalue weighted by atomic mass is 32.2. The highest BCUT2D eigenvalue weighted by molar-refractivity contribution is 7.89. The number of halogens is 1. The van der Waals surface area contributed by atoms with Gasteiger partial charge in [-0.1, -0.05) is 18.2 Å². The molecule has 5 nitrogen and oxygen atoms in total. The molecule has 2 aromatic rings. The Hall–Kier alpha value is -1.96. The third kappa shape index (κ3) is 5.52. The predicted molar refractivity (Wildman–Crippen MR) is 93.8 cm³/mol. The highest BCUT2D eigenvalue weighted by Crippen LogP contribution is 2.21. The first-order valence-electron chi connectivity index (χ1n) is 7.89. The molecule has 7 heteroatoms. The van der Waals surface area contributed by atoms with Gasteiger partial charge in [0.15, 0.2) is 0 Å². The second-order valence-electron chi connectivity index (χ2n) is 5.51. The van der Waals surface area contributed by atoms with Crippen molar-refractivity contribution in [2.75, 3.05) is 26.9 Å². The molecule has 0 aliphatic carbocycles. The fourth-order valence-electron chi connectivity index (χ4n) is 2.29. The summed E-state index contributed by atoms with van der Waals surface area (Å²) in [6.45, 7) is 2.75. The number of nitrogens with one attached hydrogen (secondary N) is 1. The molecular weight excluding hydrogens is 345 g/mol. The molecule has 0 saturated heterocycles. The number of hydrogen-bond acceptors (Lipinski definition) is 4. The first kappa shape index (κ1) is 19.4. The first-order chi connectivity index (χ1) is 11.9. The molecule has 0 spiro atoms. The highest BCUT2D eigenvalue weighted by Gasteiger charge is 2.15. The van der Waals surface area contributed by atoms with Crippen LogP contribution in [0, 0.1) is 12.7 Å². The molecule has 2 rings (SSSR count). The summed E-state index contributed by atoms with van der Waals surface area (Å²) in [5, 5.41) is 0. The van der Waals surface area contributed by atoms with Gasteiger partial charge in [-0.15, -0.1) is 0 Å². The number of rotatable bonds is 9. The summed E-state index contributed by atoms with van der Waals surface area (Å²) in [5.41, 5.74) is 1.19. The van der Waals surface area contributed by atoms with E-state index in [1.165, 1.54) is 12.1 Å². The average Bonchev–Trinajstić information content (AvgIpc) is 2.58. The number of sulfonamides is 1. The molecule has 0 atom stereocenters. The molecule has 1 N–H and O–H groups in total. The van der Waals surface area contributed by atoms with E-state index >= 15 is 0 Å². The molecule has 0 unspecified atom stereocenters. The lowest BCUT2D eigenvalue weighted by molar-refractivity contribution is 0.146. The Labute approximate surface area is 147 Å². The molecule has 0 aliphatic heterocycles. The van der Waals surface area contributed by atoms with Gasteiger partial charge in [0, 0.05) is 13.7 Å². The lowest BCUT2D eigenvalue weighted by Crippen LogP contribution is -2.26. The molecular formula is C18H22FNO4S. The normalized spacial score (nSPS) is 11.5. The third-order valence-corrected chi connectivity index (χ3v) is 5.10. The summed E-state index contributed by atoms with van der Waals surface area (Å²) in [6.07, 6.45) is 0.281. The van der Waals surface area contributed by atoms with E-state index in [9.17, 15) is 12.8 Å². The van der Waals surface area contributed by atoms with E-state index in [1.54, 1.807) is 44.4 Å². The summed E-state index contributed by atoms with van der Waals surface area (Å²) in [4.78, 5) is 0.151. The standard InChI is InChI=1S/C18H22FNO4S/c1-14-13-16(7-8-18(14)24-12-11-23-2)25(21,22)20-10-9-15-5-3-4-6-17(15)19/h3-8,13,20H,9-12H2,1-2H3. The topological polar surface area (TPSA) is 64.6 Å².